The minimum absolute atomic E-state index is 0.314. The Kier molecular flexibility index (Phi) is 3.97. The Bertz CT molecular complexity index is 592. The quantitative estimate of drug-likeness (QED) is 0.870. The molecule has 0 aliphatic rings. The average molecular weight is 263 g/mol. The summed E-state index contributed by atoms with van der Waals surface area (Å²) >= 11 is 0. The monoisotopic (exact) mass is 263 g/mol. The molecule has 0 atom stereocenters. The number of benzene rings is 1. The lowest BCUT2D eigenvalue weighted by Gasteiger charge is -2.05. The number of aromatic carboxylic acids is 1. The number of carboxylic acids is 1. The molecular weight excluding hydrogens is 249 g/mol. The van der Waals surface area contributed by atoms with Crippen molar-refractivity contribution in [1.29, 1.82) is 0 Å². The molecule has 0 radical (unpaired) electrons. The van der Waals surface area contributed by atoms with E-state index in [-0.39, 0.29) is 5.56 Å². The normalized spacial score (nSPS) is 10.6. The highest BCUT2D eigenvalue weighted by atomic mass is 19.1. The number of rotatable bonds is 5. The van der Waals surface area contributed by atoms with Crippen LogP contribution in [0, 0.1) is 12.7 Å². The van der Waals surface area contributed by atoms with Crippen LogP contribution in [0.3, 0.4) is 0 Å². The molecule has 1 aromatic heterocycles. The van der Waals surface area contributed by atoms with Crippen LogP contribution in [0.4, 0.5) is 4.39 Å². The molecule has 5 heteroatoms. The molecule has 0 saturated carbocycles. The van der Waals surface area contributed by atoms with Crippen LogP contribution in [-0.2, 0) is 13.1 Å². The van der Waals surface area contributed by atoms with Gasteiger partial charge in [0.2, 0.25) is 0 Å². The zero-order chi connectivity index (χ0) is 13.8. The van der Waals surface area contributed by atoms with E-state index in [1.807, 2.05) is 19.1 Å². The van der Waals surface area contributed by atoms with Crippen LogP contribution in [0.2, 0.25) is 0 Å². The third kappa shape index (κ3) is 3.42. The maximum absolute atomic E-state index is 13.4. The van der Waals surface area contributed by atoms with Gasteiger partial charge in [0.25, 0.3) is 0 Å². The number of hydrogen-bond acceptors (Lipinski definition) is 3. The maximum atomic E-state index is 13.4. The summed E-state index contributed by atoms with van der Waals surface area (Å²) in [5.41, 5.74) is 0.371. The number of nitrogens with one attached hydrogen (secondary N) is 1. The van der Waals surface area contributed by atoms with Gasteiger partial charge in [0.05, 0.1) is 12.1 Å². The molecule has 4 nitrogen and oxygen atoms in total. The number of aryl methyl sites for hydroxylation is 1. The number of hydrogen-bond donors (Lipinski definition) is 2. The van der Waals surface area contributed by atoms with Gasteiger partial charge < -0.3 is 14.8 Å². The van der Waals surface area contributed by atoms with Gasteiger partial charge in [0.1, 0.15) is 17.3 Å². The maximum Gasteiger partial charge on any atom is 0.338 e. The van der Waals surface area contributed by atoms with Crippen LogP contribution in [0.15, 0.2) is 34.7 Å². The molecule has 1 heterocycles. The van der Waals surface area contributed by atoms with Gasteiger partial charge in [-0.05, 0) is 36.8 Å². The van der Waals surface area contributed by atoms with Gasteiger partial charge in [0.15, 0.2) is 0 Å². The minimum atomic E-state index is -1.26. The summed E-state index contributed by atoms with van der Waals surface area (Å²) in [6, 6.07) is 7.83. The molecule has 0 spiro atoms. The van der Waals surface area contributed by atoms with Crippen molar-refractivity contribution < 1.29 is 18.7 Å². The molecule has 2 aromatic rings. The lowest BCUT2D eigenvalue weighted by Crippen LogP contribution is -2.13. The Hall–Kier alpha value is -2.14. The Morgan fingerprint density at radius 3 is 2.68 bits per heavy atom. The van der Waals surface area contributed by atoms with E-state index in [2.05, 4.69) is 5.32 Å². The number of carboxylic acid groups (broad SMARTS) is 1. The Morgan fingerprint density at radius 1 is 1.32 bits per heavy atom. The average Bonchev–Trinajstić information content (AvgIpc) is 2.75. The van der Waals surface area contributed by atoms with E-state index in [4.69, 9.17) is 9.52 Å². The fraction of sp³-hybridized carbons (Fsp3) is 0.214. The summed E-state index contributed by atoms with van der Waals surface area (Å²) in [4.78, 5) is 10.7. The highest BCUT2D eigenvalue weighted by Crippen LogP contribution is 2.11. The summed E-state index contributed by atoms with van der Waals surface area (Å²) in [5.74, 6) is -0.336. The van der Waals surface area contributed by atoms with E-state index in [0.717, 1.165) is 11.5 Å². The first kappa shape index (κ1) is 13.3. The molecule has 0 amide bonds. The largest absolute Gasteiger partial charge is 0.478 e. The van der Waals surface area contributed by atoms with Crippen molar-refractivity contribution in [2.75, 3.05) is 0 Å². The molecule has 0 fully saturated rings. The van der Waals surface area contributed by atoms with Crippen LogP contribution in [0.5, 0.6) is 0 Å². The fourth-order valence-corrected chi connectivity index (χ4v) is 1.75. The molecule has 0 aliphatic carbocycles. The van der Waals surface area contributed by atoms with Gasteiger partial charge in [-0.25, -0.2) is 9.18 Å². The second kappa shape index (κ2) is 5.67. The summed E-state index contributed by atoms with van der Waals surface area (Å²) in [7, 11) is 0. The molecule has 0 saturated heterocycles. The van der Waals surface area contributed by atoms with Crippen LogP contribution < -0.4 is 5.32 Å². The van der Waals surface area contributed by atoms with E-state index >= 15 is 0 Å². The second-order valence-corrected chi connectivity index (χ2v) is 4.24. The lowest BCUT2D eigenvalue weighted by molar-refractivity contribution is 0.0692. The van der Waals surface area contributed by atoms with E-state index in [9.17, 15) is 9.18 Å². The van der Waals surface area contributed by atoms with Gasteiger partial charge in [-0.2, -0.15) is 0 Å². The molecule has 0 aliphatic heterocycles. The van der Waals surface area contributed by atoms with Gasteiger partial charge in [-0.3, -0.25) is 0 Å². The molecular formula is C14H14FNO3. The number of furan rings is 1. The van der Waals surface area contributed by atoms with E-state index in [1.54, 1.807) is 6.07 Å². The van der Waals surface area contributed by atoms with Crippen molar-refractivity contribution in [3.05, 3.63) is 58.8 Å². The van der Waals surface area contributed by atoms with Crippen molar-refractivity contribution in [1.82, 2.24) is 5.32 Å². The van der Waals surface area contributed by atoms with Gasteiger partial charge >= 0.3 is 5.97 Å². The fourth-order valence-electron chi connectivity index (χ4n) is 1.75. The van der Waals surface area contributed by atoms with Gasteiger partial charge in [0, 0.05) is 6.54 Å². The first-order chi connectivity index (χ1) is 9.06. The van der Waals surface area contributed by atoms with Gasteiger partial charge in [-0.15, -0.1) is 0 Å². The molecule has 100 valence electrons. The Labute approximate surface area is 109 Å². The van der Waals surface area contributed by atoms with E-state index in [0.29, 0.717) is 18.7 Å². The first-order valence-corrected chi connectivity index (χ1v) is 5.84. The van der Waals surface area contributed by atoms with Crippen molar-refractivity contribution in [2.24, 2.45) is 0 Å². The topological polar surface area (TPSA) is 62.5 Å². The van der Waals surface area contributed by atoms with E-state index in [1.165, 1.54) is 12.1 Å². The Morgan fingerprint density at radius 2 is 2.11 bits per heavy atom. The Balaban J connectivity index is 1.93. The van der Waals surface area contributed by atoms with Crippen molar-refractivity contribution in [2.45, 2.75) is 20.0 Å². The van der Waals surface area contributed by atoms with Crippen molar-refractivity contribution in [3.8, 4) is 0 Å². The van der Waals surface area contributed by atoms with E-state index < -0.39 is 11.8 Å². The standard InChI is InChI=1S/C14H14FNO3/c1-9-2-4-11(19-9)8-16-7-10-3-5-12(14(17)18)13(15)6-10/h2-6,16H,7-8H2,1H3,(H,17,18). The van der Waals surface area contributed by atoms with Crippen LogP contribution in [0.25, 0.3) is 0 Å². The zero-order valence-electron chi connectivity index (χ0n) is 10.4. The van der Waals surface area contributed by atoms with Crippen molar-refractivity contribution >= 4 is 5.97 Å². The molecule has 2 N–H and O–H groups in total. The van der Waals surface area contributed by atoms with Crippen molar-refractivity contribution in [3.63, 3.8) is 0 Å². The van der Waals surface area contributed by atoms with Crippen LogP contribution in [0.1, 0.15) is 27.4 Å². The van der Waals surface area contributed by atoms with Crippen LogP contribution >= 0.6 is 0 Å². The predicted molar refractivity (Wildman–Crippen MR) is 67.3 cm³/mol. The third-order valence-corrected chi connectivity index (χ3v) is 2.69. The third-order valence-electron chi connectivity index (χ3n) is 2.69. The van der Waals surface area contributed by atoms with Crippen LogP contribution in [-0.4, -0.2) is 11.1 Å². The molecule has 1 aromatic carbocycles. The predicted octanol–water partition coefficient (Wildman–Crippen LogP) is 2.72. The molecule has 0 bridgehead atoms. The lowest BCUT2D eigenvalue weighted by atomic mass is 10.1. The molecule has 2 rings (SSSR count). The smallest absolute Gasteiger partial charge is 0.338 e. The number of halogens is 1. The SMILES string of the molecule is Cc1ccc(CNCc2ccc(C(=O)O)c(F)c2)o1. The first-order valence-electron chi connectivity index (χ1n) is 5.84. The highest BCUT2D eigenvalue weighted by Gasteiger charge is 2.10. The summed E-state index contributed by atoms with van der Waals surface area (Å²) in [5, 5.41) is 11.8. The van der Waals surface area contributed by atoms with Gasteiger partial charge in [-0.1, -0.05) is 6.07 Å². The summed E-state index contributed by atoms with van der Waals surface area (Å²) in [6.45, 7) is 2.84. The summed E-state index contributed by atoms with van der Waals surface area (Å²) < 4.78 is 18.8. The summed E-state index contributed by atoms with van der Waals surface area (Å²) in [6.07, 6.45) is 0. The molecule has 0 unspecified atom stereocenters. The molecule has 19 heavy (non-hydrogen) atoms. The minimum Gasteiger partial charge on any atom is -0.478 e. The second-order valence-electron chi connectivity index (χ2n) is 4.24. The zero-order valence-corrected chi connectivity index (χ0v) is 10.4. The number of carbonyl (C=O) groups is 1. The highest BCUT2D eigenvalue weighted by molar-refractivity contribution is 5.87.